The van der Waals surface area contributed by atoms with Crippen molar-refractivity contribution in [3.63, 3.8) is 0 Å². The highest BCUT2D eigenvalue weighted by Crippen LogP contribution is 2.26. The number of carbonyl (C=O) groups is 2. The van der Waals surface area contributed by atoms with Gasteiger partial charge in [-0.15, -0.1) is 0 Å². The van der Waals surface area contributed by atoms with Gasteiger partial charge in [-0.3, -0.25) is 9.59 Å². The van der Waals surface area contributed by atoms with Gasteiger partial charge in [-0.1, -0.05) is 12.5 Å². The average molecular weight is 460 g/mol. The average Bonchev–Trinajstić information content (AvgIpc) is 2.80. The minimum atomic E-state index is -3.62. The van der Waals surface area contributed by atoms with Crippen molar-refractivity contribution in [1.29, 1.82) is 0 Å². The molecule has 0 aliphatic carbocycles. The van der Waals surface area contributed by atoms with Crippen LogP contribution in [0, 0.1) is 6.92 Å². The maximum Gasteiger partial charge on any atom is 0.251 e. The number of anilines is 1. The molecular formula is C23H29N3O5S. The van der Waals surface area contributed by atoms with Crippen LogP contribution in [0.5, 0.6) is 5.75 Å². The van der Waals surface area contributed by atoms with Crippen molar-refractivity contribution in [1.82, 2.24) is 9.62 Å². The van der Waals surface area contributed by atoms with Crippen LogP contribution in [-0.2, 0) is 14.8 Å². The summed E-state index contributed by atoms with van der Waals surface area (Å²) in [7, 11) is -3.62. The van der Waals surface area contributed by atoms with Gasteiger partial charge in [0.25, 0.3) is 5.91 Å². The predicted molar refractivity (Wildman–Crippen MR) is 122 cm³/mol. The molecule has 32 heavy (non-hydrogen) atoms. The van der Waals surface area contributed by atoms with Gasteiger partial charge >= 0.3 is 0 Å². The molecule has 1 aliphatic rings. The second-order valence-electron chi connectivity index (χ2n) is 7.63. The molecule has 0 spiro atoms. The van der Waals surface area contributed by atoms with Gasteiger partial charge in [0, 0.05) is 24.3 Å². The summed E-state index contributed by atoms with van der Waals surface area (Å²) in [6, 6.07) is 11.4. The molecule has 1 saturated heterocycles. The fourth-order valence-corrected chi connectivity index (χ4v) is 5.31. The molecule has 172 valence electrons. The lowest BCUT2D eigenvalue weighted by atomic mass is 10.2. The second-order valence-corrected chi connectivity index (χ2v) is 9.54. The zero-order valence-corrected chi connectivity index (χ0v) is 19.2. The van der Waals surface area contributed by atoms with Crippen molar-refractivity contribution in [2.75, 3.05) is 31.6 Å². The van der Waals surface area contributed by atoms with E-state index in [4.69, 9.17) is 4.74 Å². The molecule has 9 heteroatoms. The number of hydrogen-bond donors (Lipinski definition) is 2. The molecule has 0 radical (unpaired) electrons. The molecular weight excluding hydrogens is 430 g/mol. The molecule has 1 fully saturated rings. The summed E-state index contributed by atoms with van der Waals surface area (Å²) in [5, 5.41) is 5.22. The summed E-state index contributed by atoms with van der Waals surface area (Å²) < 4.78 is 32.9. The van der Waals surface area contributed by atoms with Crippen LogP contribution < -0.4 is 15.4 Å². The van der Waals surface area contributed by atoms with Crippen molar-refractivity contribution in [2.45, 2.75) is 38.0 Å². The lowest BCUT2D eigenvalue weighted by Gasteiger charge is -2.26. The van der Waals surface area contributed by atoms with Crippen LogP contribution in [0.4, 0.5) is 5.69 Å². The summed E-state index contributed by atoms with van der Waals surface area (Å²) in [5.41, 5.74) is 1.40. The number of carbonyl (C=O) groups excluding carboxylic acids is 2. The molecule has 8 nitrogen and oxygen atoms in total. The standard InChI is InChI=1S/C23H29N3O5S/c1-3-31-20-11-8-18(9-12-20)23(28)24-16-22(27)25-19-10-7-17(2)21(15-19)32(29,30)26-13-5-4-6-14-26/h7-12,15H,3-6,13-14,16H2,1-2H3,(H,24,28)(H,25,27). The first-order valence-electron chi connectivity index (χ1n) is 10.7. The van der Waals surface area contributed by atoms with E-state index in [9.17, 15) is 18.0 Å². The molecule has 1 heterocycles. The van der Waals surface area contributed by atoms with Crippen LogP contribution in [0.25, 0.3) is 0 Å². The van der Waals surface area contributed by atoms with E-state index in [2.05, 4.69) is 10.6 Å². The van der Waals surface area contributed by atoms with Gasteiger partial charge in [0.1, 0.15) is 5.75 Å². The first-order valence-corrected chi connectivity index (χ1v) is 12.2. The van der Waals surface area contributed by atoms with Crippen molar-refractivity contribution >= 4 is 27.5 Å². The van der Waals surface area contributed by atoms with Gasteiger partial charge in [0.15, 0.2) is 0 Å². The van der Waals surface area contributed by atoms with Gasteiger partial charge in [0.2, 0.25) is 15.9 Å². The smallest absolute Gasteiger partial charge is 0.251 e. The Hall–Kier alpha value is -2.91. The number of benzene rings is 2. The quantitative estimate of drug-likeness (QED) is 0.632. The van der Waals surface area contributed by atoms with Crippen molar-refractivity contribution in [3.8, 4) is 5.75 Å². The summed E-state index contributed by atoms with van der Waals surface area (Å²) in [4.78, 5) is 24.8. The zero-order valence-electron chi connectivity index (χ0n) is 18.4. The van der Waals surface area contributed by atoms with E-state index in [1.807, 2.05) is 6.92 Å². The predicted octanol–water partition coefficient (Wildman–Crippen LogP) is 2.94. The molecule has 2 N–H and O–H groups in total. The van der Waals surface area contributed by atoms with Crippen LogP contribution >= 0.6 is 0 Å². The minimum Gasteiger partial charge on any atom is -0.494 e. The lowest BCUT2D eigenvalue weighted by molar-refractivity contribution is -0.115. The Bertz CT molecular complexity index is 1060. The molecule has 2 amide bonds. The van der Waals surface area contributed by atoms with Crippen LogP contribution in [0.3, 0.4) is 0 Å². The molecule has 0 unspecified atom stereocenters. The first kappa shape index (κ1) is 23.7. The Kier molecular flexibility index (Phi) is 7.87. The zero-order chi connectivity index (χ0) is 23.1. The molecule has 0 aromatic heterocycles. The van der Waals surface area contributed by atoms with Gasteiger partial charge < -0.3 is 15.4 Å². The number of hydrogen-bond acceptors (Lipinski definition) is 5. The van der Waals surface area contributed by atoms with Crippen LogP contribution in [0.15, 0.2) is 47.4 Å². The van der Waals surface area contributed by atoms with E-state index in [0.29, 0.717) is 42.3 Å². The molecule has 0 bridgehead atoms. The summed E-state index contributed by atoms with van der Waals surface area (Å²) in [5.74, 6) is -0.175. The Morgan fingerprint density at radius 2 is 1.72 bits per heavy atom. The number of rotatable bonds is 8. The van der Waals surface area contributed by atoms with E-state index < -0.39 is 15.9 Å². The van der Waals surface area contributed by atoms with Crippen molar-refractivity contribution in [2.24, 2.45) is 0 Å². The molecule has 1 aliphatic heterocycles. The van der Waals surface area contributed by atoms with E-state index in [1.165, 1.54) is 10.4 Å². The molecule has 2 aromatic carbocycles. The van der Waals surface area contributed by atoms with E-state index in [1.54, 1.807) is 43.3 Å². The van der Waals surface area contributed by atoms with E-state index in [0.717, 1.165) is 19.3 Å². The number of nitrogens with one attached hydrogen (secondary N) is 2. The van der Waals surface area contributed by atoms with Gasteiger partial charge in [0.05, 0.1) is 18.0 Å². The molecule has 0 atom stereocenters. The number of nitrogens with zero attached hydrogens (tertiary/aromatic N) is 1. The summed E-state index contributed by atoms with van der Waals surface area (Å²) in [6.45, 7) is 4.92. The Balaban J connectivity index is 1.61. The monoisotopic (exact) mass is 459 g/mol. The van der Waals surface area contributed by atoms with Crippen molar-refractivity contribution < 1.29 is 22.7 Å². The minimum absolute atomic E-state index is 0.190. The van der Waals surface area contributed by atoms with E-state index in [-0.39, 0.29) is 17.3 Å². The van der Waals surface area contributed by atoms with Gasteiger partial charge in [-0.2, -0.15) is 4.31 Å². The summed E-state index contributed by atoms with van der Waals surface area (Å²) >= 11 is 0. The fourth-order valence-electron chi connectivity index (χ4n) is 3.54. The third-order valence-electron chi connectivity index (χ3n) is 5.24. The number of aryl methyl sites for hydroxylation is 1. The third kappa shape index (κ3) is 5.86. The SMILES string of the molecule is CCOc1ccc(C(=O)NCC(=O)Nc2ccc(C)c(S(=O)(=O)N3CCCCC3)c2)cc1. The number of ether oxygens (including phenoxy) is 1. The number of amides is 2. The Morgan fingerprint density at radius 1 is 1.03 bits per heavy atom. The second kappa shape index (κ2) is 10.6. The van der Waals surface area contributed by atoms with Crippen LogP contribution in [0.1, 0.15) is 42.1 Å². The van der Waals surface area contributed by atoms with E-state index >= 15 is 0 Å². The van der Waals surface area contributed by atoms with Crippen molar-refractivity contribution in [3.05, 3.63) is 53.6 Å². The summed E-state index contributed by atoms with van der Waals surface area (Å²) in [6.07, 6.45) is 2.73. The van der Waals surface area contributed by atoms with Gasteiger partial charge in [-0.05, 0) is 68.7 Å². The maximum absolute atomic E-state index is 13.0. The topological polar surface area (TPSA) is 105 Å². The maximum atomic E-state index is 13.0. The number of piperidine rings is 1. The largest absolute Gasteiger partial charge is 0.494 e. The first-order chi connectivity index (χ1) is 15.3. The normalized spacial score (nSPS) is 14.6. The van der Waals surface area contributed by atoms with Crippen LogP contribution in [-0.4, -0.2) is 50.8 Å². The highest BCUT2D eigenvalue weighted by Gasteiger charge is 2.27. The Labute approximate surface area is 189 Å². The third-order valence-corrected chi connectivity index (χ3v) is 7.28. The lowest BCUT2D eigenvalue weighted by Crippen LogP contribution is -2.36. The fraction of sp³-hybridized carbons (Fsp3) is 0.391. The molecule has 2 aromatic rings. The number of sulfonamides is 1. The van der Waals surface area contributed by atoms with Crippen LogP contribution in [0.2, 0.25) is 0 Å². The Morgan fingerprint density at radius 3 is 2.38 bits per heavy atom. The molecule has 0 saturated carbocycles. The molecule has 3 rings (SSSR count). The highest BCUT2D eigenvalue weighted by atomic mass is 32.2. The van der Waals surface area contributed by atoms with Gasteiger partial charge in [-0.25, -0.2) is 8.42 Å². The highest BCUT2D eigenvalue weighted by molar-refractivity contribution is 7.89.